The van der Waals surface area contributed by atoms with Gasteiger partial charge in [-0.2, -0.15) is 0 Å². The summed E-state index contributed by atoms with van der Waals surface area (Å²) in [6, 6.07) is 9.81. The molecule has 0 atom stereocenters. The van der Waals surface area contributed by atoms with Gasteiger partial charge in [0.15, 0.2) is 0 Å². The number of halogens is 2. The molecule has 0 aromatic heterocycles. The average Bonchev–Trinajstić information content (AvgIpc) is 2.34. The van der Waals surface area contributed by atoms with Gasteiger partial charge in [0.1, 0.15) is 5.75 Å². The summed E-state index contributed by atoms with van der Waals surface area (Å²) in [4.78, 5) is 0.0843. The third-order valence-electron chi connectivity index (χ3n) is 2.32. The lowest BCUT2D eigenvalue weighted by atomic mass is 10.3. The molecule has 2 rings (SSSR count). The first-order chi connectivity index (χ1) is 8.88. The summed E-state index contributed by atoms with van der Waals surface area (Å²) in [5.41, 5.74) is 0.262. The average molecular weight is 318 g/mol. The van der Waals surface area contributed by atoms with Crippen molar-refractivity contribution in [3.05, 3.63) is 52.5 Å². The maximum Gasteiger partial charge on any atom is 0.261 e. The first-order valence-corrected chi connectivity index (χ1v) is 7.39. The first-order valence-electron chi connectivity index (χ1n) is 5.15. The predicted molar refractivity (Wildman–Crippen MR) is 75.4 cm³/mol. The Bertz CT molecular complexity index is 699. The van der Waals surface area contributed by atoms with E-state index in [2.05, 4.69) is 4.72 Å². The lowest BCUT2D eigenvalue weighted by Gasteiger charge is -2.08. The number of benzene rings is 2. The fraction of sp³-hybridized carbons (Fsp3) is 0. The highest BCUT2D eigenvalue weighted by molar-refractivity contribution is 7.92. The lowest BCUT2D eigenvalue weighted by molar-refractivity contribution is 0.475. The molecular formula is C12H9Cl2NO3S. The van der Waals surface area contributed by atoms with Gasteiger partial charge in [0.25, 0.3) is 10.0 Å². The van der Waals surface area contributed by atoms with Crippen LogP contribution in [-0.4, -0.2) is 13.5 Å². The van der Waals surface area contributed by atoms with Crippen LogP contribution in [-0.2, 0) is 10.0 Å². The van der Waals surface area contributed by atoms with Crippen molar-refractivity contribution in [2.24, 2.45) is 0 Å². The summed E-state index contributed by atoms with van der Waals surface area (Å²) in [7, 11) is -3.71. The number of sulfonamides is 1. The number of hydrogen-bond donors (Lipinski definition) is 2. The summed E-state index contributed by atoms with van der Waals surface area (Å²) >= 11 is 11.4. The third kappa shape index (κ3) is 3.32. The molecule has 4 nitrogen and oxygen atoms in total. The van der Waals surface area contributed by atoms with Crippen molar-refractivity contribution in [1.82, 2.24) is 0 Å². The standard InChI is InChI=1S/C12H9Cl2NO3S/c13-8-1-4-10(5-2-8)19(17,18)15-9-3-6-12(16)11(14)7-9/h1-7,15-16H. The lowest BCUT2D eigenvalue weighted by Crippen LogP contribution is -2.12. The van der Waals surface area contributed by atoms with Gasteiger partial charge in [-0.15, -0.1) is 0 Å². The molecule has 0 heterocycles. The Morgan fingerprint density at radius 2 is 1.63 bits per heavy atom. The van der Waals surface area contributed by atoms with Crippen LogP contribution in [0, 0.1) is 0 Å². The number of hydrogen-bond acceptors (Lipinski definition) is 3. The number of phenolic OH excluding ortho intramolecular Hbond substituents is 1. The zero-order valence-electron chi connectivity index (χ0n) is 9.47. The van der Waals surface area contributed by atoms with Gasteiger partial charge in [-0.25, -0.2) is 8.42 Å². The Hall–Kier alpha value is -1.43. The molecule has 0 fully saturated rings. The van der Waals surface area contributed by atoms with E-state index in [4.69, 9.17) is 23.2 Å². The molecule has 0 amide bonds. The molecule has 19 heavy (non-hydrogen) atoms. The highest BCUT2D eigenvalue weighted by Crippen LogP contribution is 2.27. The van der Waals surface area contributed by atoms with Crippen LogP contribution in [0.4, 0.5) is 5.69 Å². The Morgan fingerprint density at radius 3 is 2.21 bits per heavy atom. The normalized spacial score (nSPS) is 11.3. The molecule has 0 saturated heterocycles. The van der Waals surface area contributed by atoms with Gasteiger partial charge in [0.05, 0.1) is 15.6 Å². The number of anilines is 1. The largest absolute Gasteiger partial charge is 0.506 e. The van der Waals surface area contributed by atoms with E-state index >= 15 is 0 Å². The van der Waals surface area contributed by atoms with E-state index in [9.17, 15) is 13.5 Å². The molecule has 0 saturated carbocycles. The minimum atomic E-state index is -3.71. The number of nitrogens with one attached hydrogen (secondary N) is 1. The summed E-state index contributed by atoms with van der Waals surface area (Å²) in [6.07, 6.45) is 0. The van der Waals surface area contributed by atoms with Crippen molar-refractivity contribution in [3.63, 3.8) is 0 Å². The molecule has 0 unspecified atom stereocenters. The number of rotatable bonds is 3. The molecule has 0 spiro atoms. The molecule has 0 radical (unpaired) electrons. The second-order valence-corrected chi connectivity index (χ2v) is 6.25. The zero-order chi connectivity index (χ0) is 14.0. The second kappa shape index (κ2) is 5.28. The van der Waals surface area contributed by atoms with Gasteiger partial charge in [-0.1, -0.05) is 23.2 Å². The molecule has 2 N–H and O–H groups in total. The van der Waals surface area contributed by atoms with Crippen LogP contribution in [0.3, 0.4) is 0 Å². The van der Waals surface area contributed by atoms with Crippen molar-refractivity contribution < 1.29 is 13.5 Å². The highest BCUT2D eigenvalue weighted by Gasteiger charge is 2.14. The van der Waals surface area contributed by atoms with Crippen LogP contribution in [0.1, 0.15) is 0 Å². The van der Waals surface area contributed by atoms with Crippen LogP contribution in [0.15, 0.2) is 47.4 Å². The van der Waals surface area contributed by atoms with E-state index < -0.39 is 10.0 Å². The van der Waals surface area contributed by atoms with E-state index in [0.717, 1.165) is 0 Å². The quantitative estimate of drug-likeness (QED) is 0.851. The van der Waals surface area contributed by atoms with Gasteiger partial charge in [-0.3, -0.25) is 4.72 Å². The second-order valence-electron chi connectivity index (χ2n) is 3.73. The maximum absolute atomic E-state index is 12.0. The topological polar surface area (TPSA) is 66.4 Å². The molecule has 0 aliphatic carbocycles. The minimum absolute atomic E-state index is 0.0660. The first kappa shape index (κ1) is 14.0. The fourth-order valence-electron chi connectivity index (χ4n) is 1.40. The Labute approximate surface area is 120 Å². The van der Waals surface area contributed by atoms with E-state index in [1.165, 1.54) is 42.5 Å². The number of aromatic hydroxyl groups is 1. The van der Waals surface area contributed by atoms with E-state index in [1.54, 1.807) is 0 Å². The summed E-state index contributed by atoms with van der Waals surface area (Å²) < 4.78 is 26.5. The summed E-state index contributed by atoms with van der Waals surface area (Å²) in [5, 5.41) is 9.78. The molecule has 0 aliphatic heterocycles. The Morgan fingerprint density at radius 1 is 1.00 bits per heavy atom. The van der Waals surface area contributed by atoms with Gasteiger partial charge >= 0.3 is 0 Å². The monoisotopic (exact) mass is 317 g/mol. The molecular weight excluding hydrogens is 309 g/mol. The van der Waals surface area contributed by atoms with Gasteiger partial charge < -0.3 is 5.11 Å². The van der Waals surface area contributed by atoms with Crippen LogP contribution < -0.4 is 4.72 Å². The predicted octanol–water partition coefficient (Wildman–Crippen LogP) is 3.50. The van der Waals surface area contributed by atoms with Gasteiger partial charge in [-0.05, 0) is 42.5 Å². The summed E-state index contributed by atoms with van der Waals surface area (Å²) in [5.74, 6) is -0.115. The van der Waals surface area contributed by atoms with Crippen LogP contribution in [0.25, 0.3) is 0 Å². The number of phenols is 1. The van der Waals surface area contributed by atoms with Gasteiger partial charge in [0.2, 0.25) is 0 Å². The van der Waals surface area contributed by atoms with Crippen LogP contribution >= 0.6 is 23.2 Å². The van der Waals surface area contributed by atoms with Crippen molar-refractivity contribution in [2.75, 3.05) is 4.72 Å². The molecule has 0 bridgehead atoms. The molecule has 2 aromatic carbocycles. The van der Waals surface area contributed by atoms with Crippen molar-refractivity contribution in [2.45, 2.75) is 4.90 Å². The van der Waals surface area contributed by atoms with Crippen LogP contribution in [0.5, 0.6) is 5.75 Å². The van der Waals surface area contributed by atoms with E-state index in [-0.39, 0.29) is 21.4 Å². The molecule has 7 heteroatoms. The van der Waals surface area contributed by atoms with Crippen molar-refractivity contribution in [1.29, 1.82) is 0 Å². The van der Waals surface area contributed by atoms with Crippen molar-refractivity contribution >= 4 is 38.9 Å². The molecule has 2 aromatic rings. The fourth-order valence-corrected chi connectivity index (χ4v) is 2.75. The minimum Gasteiger partial charge on any atom is -0.506 e. The van der Waals surface area contributed by atoms with E-state index in [1.807, 2.05) is 0 Å². The molecule has 100 valence electrons. The Kier molecular flexibility index (Phi) is 3.89. The van der Waals surface area contributed by atoms with Crippen molar-refractivity contribution in [3.8, 4) is 5.75 Å². The Balaban J connectivity index is 2.30. The SMILES string of the molecule is O=S(=O)(Nc1ccc(O)c(Cl)c1)c1ccc(Cl)cc1. The smallest absolute Gasteiger partial charge is 0.261 e. The zero-order valence-corrected chi connectivity index (χ0v) is 11.8. The van der Waals surface area contributed by atoms with E-state index in [0.29, 0.717) is 5.02 Å². The maximum atomic E-state index is 12.0. The highest BCUT2D eigenvalue weighted by atomic mass is 35.5. The third-order valence-corrected chi connectivity index (χ3v) is 4.28. The van der Waals surface area contributed by atoms with Crippen LogP contribution in [0.2, 0.25) is 10.0 Å². The molecule has 0 aliphatic rings. The summed E-state index contributed by atoms with van der Waals surface area (Å²) in [6.45, 7) is 0. The van der Waals surface area contributed by atoms with Gasteiger partial charge in [0, 0.05) is 5.02 Å².